The van der Waals surface area contributed by atoms with E-state index in [9.17, 15) is 5.11 Å². The molecule has 0 radical (unpaired) electrons. The van der Waals surface area contributed by atoms with Crippen molar-refractivity contribution in [2.24, 2.45) is 0 Å². The predicted molar refractivity (Wildman–Crippen MR) is 59.6 cm³/mol. The number of aliphatic hydroxyl groups excluding tert-OH is 1. The lowest BCUT2D eigenvalue weighted by molar-refractivity contribution is 0.174. The van der Waals surface area contributed by atoms with Gasteiger partial charge in [0.05, 0.1) is 12.3 Å². The Labute approximate surface area is 93.9 Å². The normalized spacial score (nSPS) is 12.6. The van der Waals surface area contributed by atoms with Crippen LogP contribution in [0.25, 0.3) is 0 Å². The number of rotatable bonds is 5. The van der Waals surface area contributed by atoms with Gasteiger partial charge in [0.1, 0.15) is 6.26 Å². The zero-order valence-electron chi connectivity index (χ0n) is 8.84. The minimum atomic E-state index is -0.485. The van der Waals surface area contributed by atoms with Crippen LogP contribution in [-0.4, -0.2) is 16.8 Å². The Kier molecular flexibility index (Phi) is 3.69. The van der Waals surface area contributed by atoms with Gasteiger partial charge in [-0.15, -0.1) is 0 Å². The van der Waals surface area contributed by atoms with Crippen LogP contribution in [0.2, 0.25) is 0 Å². The molecule has 16 heavy (non-hydrogen) atoms. The van der Waals surface area contributed by atoms with Crippen molar-refractivity contribution in [3.05, 3.63) is 53.9 Å². The molecule has 1 atom stereocenters. The van der Waals surface area contributed by atoms with Crippen LogP contribution in [0.15, 0.2) is 47.3 Å². The summed E-state index contributed by atoms with van der Waals surface area (Å²) in [7, 11) is 0. The van der Waals surface area contributed by atoms with E-state index in [1.165, 1.54) is 0 Å². The fraction of sp³-hybridized carbons (Fsp3) is 0.250. The van der Waals surface area contributed by atoms with Crippen LogP contribution in [0, 0.1) is 0 Å². The van der Waals surface area contributed by atoms with Crippen molar-refractivity contribution in [3.63, 3.8) is 0 Å². The lowest BCUT2D eigenvalue weighted by Gasteiger charge is -2.11. The van der Waals surface area contributed by atoms with Crippen LogP contribution in [-0.2, 0) is 6.54 Å². The molecule has 2 rings (SSSR count). The molecule has 4 heteroatoms. The van der Waals surface area contributed by atoms with Crippen LogP contribution in [0.3, 0.4) is 0 Å². The molecule has 1 aromatic heterocycles. The van der Waals surface area contributed by atoms with Crippen molar-refractivity contribution < 1.29 is 9.63 Å². The lowest BCUT2D eigenvalue weighted by Crippen LogP contribution is -2.20. The smallest absolute Gasteiger partial charge is 0.128 e. The molecule has 0 aliphatic heterocycles. The molecule has 4 nitrogen and oxygen atoms in total. The van der Waals surface area contributed by atoms with Gasteiger partial charge < -0.3 is 14.9 Å². The first kappa shape index (κ1) is 10.9. The monoisotopic (exact) mass is 218 g/mol. The van der Waals surface area contributed by atoms with Gasteiger partial charge >= 0.3 is 0 Å². The van der Waals surface area contributed by atoms with Crippen molar-refractivity contribution in [2.45, 2.75) is 12.6 Å². The van der Waals surface area contributed by atoms with Crippen molar-refractivity contribution in [2.75, 3.05) is 6.54 Å². The molecule has 0 spiro atoms. The fourth-order valence-electron chi connectivity index (χ4n) is 1.46. The number of hydrogen-bond donors (Lipinski definition) is 2. The summed E-state index contributed by atoms with van der Waals surface area (Å²) in [6, 6.07) is 9.58. The largest absolute Gasteiger partial charge is 0.387 e. The highest BCUT2D eigenvalue weighted by molar-refractivity contribution is 5.17. The minimum absolute atomic E-state index is 0.485. The quantitative estimate of drug-likeness (QED) is 0.798. The average Bonchev–Trinajstić information content (AvgIpc) is 2.83. The van der Waals surface area contributed by atoms with E-state index >= 15 is 0 Å². The Morgan fingerprint density at radius 1 is 1.31 bits per heavy atom. The Hall–Kier alpha value is -1.65. The maximum absolute atomic E-state index is 9.85. The first-order valence-electron chi connectivity index (χ1n) is 5.18. The number of nitrogens with one attached hydrogen (secondary N) is 1. The van der Waals surface area contributed by atoms with Gasteiger partial charge in [-0.25, -0.2) is 0 Å². The molecule has 0 bridgehead atoms. The lowest BCUT2D eigenvalue weighted by atomic mass is 10.1. The molecule has 0 amide bonds. The Morgan fingerprint density at radius 3 is 2.81 bits per heavy atom. The van der Waals surface area contributed by atoms with E-state index in [1.54, 1.807) is 12.5 Å². The molecule has 2 aromatic rings. The van der Waals surface area contributed by atoms with Gasteiger partial charge in [0, 0.05) is 18.7 Å². The molecule has 2 N–H and O–H groups in total. The van der Waals surface area contributed by atoms with E-state index in [0.717, 1.165) is 11.1 Å². The van der Waals surface area contributed by atoms with Gasteiger partial charge in [0.25, 0.3) is 0 Å². The first-order chi connectivity index (χ1) is 7.86. The topological polar surface area (TPSA) is 58.3 Å². The second kappa shape index (κ2) is 5.44. The van der Waals surface area contributed by atoms with E-state index in [-0.39, 0.29) is 0 Å². The third-order valence-corrected chi connectivity index (χ3v) is 2.33. The highest BCUT2D eigenvalue weighted by Gasteiger charge is 2.05. The number of aromatic nitrogens is 1. The second-order valence-electron chi connectivity index (χ2n) is 3.59. The maximum Gasteiger partial charge on any atom is 0.128 e. The minimum Gasteiger partial charge on any atom is -0.387 e. The summed E-state index contributed by atoms with van der Waals surface area (Å²) in [5.74, 6) is 0. The molecular weight excluding hydrogens is 204 g/mol. The summed E-state index contributed by atoms with van der Waals surface area (Å²) in [6.45, 7) is 1.16. The summed E-state index contributed by atoms with van der Waals surface area (Å²) in [6.07, 6.45) is 2.75. The van der Waals surface area contributed by atoms with Gasteiger partial charge in [-0.05, 0) is 5.56 Å². The van der Waals surface area contributed by atoms with Crippen LogP contribution in [0.5, 0.6) is 0 Å². The predicted octanol–water partition coefficient (Wildman–Crippen LogP) is 1.50. The van der Waals surface area contributed by atoms with Gasteiger partial charge in [0.2, 0.25) is 0 Å². The van der Waals surface area contributed by atoms with Gasteiger partial charge in [-0.2, -0.15) is 0 Å². The van der Waals surface area contributed by atoms with Crippen LogP contribution in [0.4, 0.5) is 0 Å². The molecule has 0 fully saturated rings. The molecule has 84 valence electrons. The summed E-state index contributed by atoms with van der Waals surface area (Å²) in [5.41, 5.74) is 1.89. The van der Waals surface area contributed by atoms with Crippen LogP contribution < -0.4 is 5.32 Å². The van der Waals surface area contributed by atoms with Gasteiger partial charge in [0.15, 0.2) is 0 Å². The molecule has 0 saturated heterocycles. The van der Waals surface area contributed by atoms with Gasteiger partial charge in [-0.1, -0.05) is 35.5 Å². The zero-order valence-corrected chi connectivity index (χ0v) is 8.84. The summed E-state index contributed by atoms with van der Waals surface area (Å²) in [4.78, 5) is 0. The Morgan fingerprint density at radius 2 is 2.12 bits per heavy atom. The third-order valence-electron chi connectivity index (χ3n) is 2.33. The highest BCUT2D eigenvalue weighted by atomic mass is 16.5. The van der Waals surface area contributed by atoms with Crippen LogP contribution in [0.1, 0.15) is 17.2 Å². The van der Waals surface area contributed by atoms with Gasteiger partial charge in [-0.3, -0.25) is 0 Å². The van der Waals surface area contributed by atoms with Crippen molar-refractivity contribution in [1.82, 2.24) is 10.5 Å². The zero-order chi connectivity index (χ0) is 11.2. The molecule has 1 heterocycles. The van der Waals surface area contributed by atoms with E-state index < -0.39 is 6.10 Å². The third kappa shape index (κ3) is 2.92. The summed E-state index contributed by atoms with van der Waals surface area (Å²) >= 11 is 0. The maximum atomic E-state index is 9.85. The molecule has 0 aliphatic carbocycles. The molecule has 0 saturated carbocycles. The average molecular weight is 218 g/mol. The Bertz CT molecular complexity index is 400. The van der Waals surface area contributed by atoms with E-state index in [4.69, 9.17) is 4.52 Å². The number of aliphatic hydroxyl groups is 1. The van der Waals surface area contributed by atoms with Crippen LogP contribution >= 0.6 is 0 Å². The number of hydrogen-bond acceptors (Lipinski definition) is 4. The molecule has 0 aliphatic rings. The molecule has 1 aromatic carbocycles. The standard InChI is InChI=1S/C12H14N2O2/c15-12(11-4-2-1-3-5-11)8-13-6-10-7-14-16-9-10/h1-5,7,9,12-13,15H,6,8H2. The Balaban J connectivity index is 1.78. The van der Waals surface area contributed by atoms with Crippen molar-refractivity contribution in [3.8, 4) is 0 Å². The summed E-state index contributed by atoms with van der Waals surface area (Å²) in [5, 5.41) is 16.6. The van der Waals surface area contributed by atoms with Crippen molar-refractivity contribution in [1.29, 1.82) is 0 Å². The number of benzene rings is 1. The fourth-order valence-corrected chi connectivity index (χ4v) is 1.46. The van der Waals surface area contributed by atoms with Crippen molar-refractivity contribution >= 4 is 0 Å². The van der Waals surface area contributed by atoms with E-state index in [0.29, 0.717) is 13.1 Å². The molecule has 1 unspecified atom stereocenters. The SMILES string of the molecule is OC(CNCc1cnoc1)c1ccccc1. The number of nitrogens with zero attached hydrogens (tertiary/aromatic N) is 1. The molecular formula is C12H14N2O2. The highest BCUT2D eigenvalue weighted by Crippen LogP contribution is 2.10. The first-order valence-corrected chi connectivity index (χ1v) is 5.18. The van der Waals surface area contributed by atoms with E-state index in [2.05, 4.69) is 10.5 Å². The summed E-state index contributed by atoms with van der Waals surface area (Å²) < 4.78 is 4.70. The second-order valence-corrected chi connectivity index (χ2v) is 3.59. The van der Waals surface area contributed by atoms with E-state index in [1.807, 2.05) is 30.3 Å².